The van der Waals surface area contributed by atoms with E-state index in [1.807, 2.05) is 34.9 Å². The molecule has 2 amide bonds. The van der Waals surface area contributed by atoms with Crippen LogP contribution in [0.25, 0.3) is 0 Å². The predicted molar refractivity (Wildman–Crippen MR) is 112 cm³/mol. The van der Waals surface area contributed by atoms with Gasteiger partial charge in [-0.05, 0) is 45.7 Å². The maximum atomic E-state index is 13.6. The Kier molecular flexibility index (Phi) is 5.32. The Hall–Kier alpha value is -2.08. The largest absolute Gasteiger partial charge is 0.496 e. The number of hydrogen-bond acceptors (Lipinski definition) is 4. The number of hydrogen-bond donors (Lipinski definition) is 0. The lowest BCUT2D eigenvalue weighted by Crippen LogP contribution is -2.49. The fraction of sp³-hybridized carbons (Fsp3) is 0.652. The van der Waals surface area contributed by atoms with Crippen molar-refractivity contribution in [1.29, 1.82) is 0 Å². The molecule has 4 rings (SSSR count). The molecule has 1 aromatic carbocycles. The zero-order valence-electron chi connectivity index (χ0n) is 18.1. The van der Waals surface area contributed by atoms with Crippen molar-refractivity contribution in [3.05, 3.63) is 29.3 Å². The van der Waals surface area contributed by atoms with Gasteiger partial charge in [0.2, 0.25) is 5.91 Å². The Labute approximate surface area is 173 Å². The maximum Gasteiger partial charge on any atom is 0.254 e. The average Bonchev–Trinajstić information content (AvgIpc) is 3.41. The molecule has 0 spiro atoms. The number of benzene rings is 1. The van der Waals surface area contributed by atoms with Gasteiger partial charge in [0, 0.05) is 62.4 Å². The lowest BCUT2D eigenvalue weighted by molar-refractivity contribution is -0.141. The molecule has 0 N–H and O–H groups in total. The van der Waals surface area contributed by atoms with Crippen molar-refractivity contribution in [1.82, 2.24) is 14.7 Å². The molecular weight excluding hydrogens is 366 g/mol. The summed E-state index contributed by atoms with van der Waals surface area (Å²) < 4.78 is 5.40. The molecule has 3 aliphatic heterocycles. The monoisotopic (exact) mass is 399 g/mol. The molecule has 3 heterocycles. The fourth-order valence-corrected chi connectivity index (χ4v) is 5.43. The summed E-state index contributed by atoms with van der Waals surface area (Å²) >= 11 is 0. The maximum absolute atomic E-state index is 13.6. The van der Waals surface area contributed by atoms with E-state index in [9.17, 15) is 9.59 Å². The second-order valence-electron chi connectivity index (χ2n) is 9.19. The van der Waals surface area contributed by atoms with Gasteiger partial charge in [-0.2, -0.15) is 0 Å². The van der Waals surface area contributed by atoms with Gasteiger partial charge in [-0.3, -0.25) is 14.5 Å². The van der Waals surface area contributed by atoms with E-state index in [0.717, 1.165) is 50.3 Å². The predicted octanol–water partition coefficient (Wildman–Crippen LogP) is 2.41. The van der Waals surface area contributed by atoms with Gasteiger partial charge in [0.05, 0.1) is 12.5 Å². The Morgan fingerprint density at radius 2 is 1.83 bits per heavy atom. The van der Waals surface area contributed by atoms with E-state index in [1.165, 1.54) is 0 Å². The minimum absolute atomic E-state index is 0.0143. The van der Waals surface area contributed by atoms with E-state index in [1.54, 1.807) is 7.11 Å². The normalized spacial score (nSPS) is 27.0. The van der Waals surface area contributed by atoms with Crippen molar-refractivity contribution in [2.45, 2.75) is 39.7 Å². The van der Waals surface area contributed by atoms with E-state index in [0.29, 0.717) is 24.7 Å². The van der Waals surface area contributed by atoms with Crippen LogP contribution < -0.4 is 4.74 Å². The summed E-state index contributed by atoms with van der Waals surface area (Å²) in [4.78, 5) is 33.4. The third kappa shape index (κ3) is 3.31. The van der Waals surface area contributed by atoms with Crippen LogP contribution in [0, 0.1) is 18.3 Å². The van der Waals surface area contributed by atoms with Crippen LogP contribution in [-0.4, -0.2) is 78.9 Å². The Bertz CT molecular complexity index is 803. The van der Waals surface area contributed by atoms with Crippen LogP contribution in [-0.2, 0) is 4.79 Å². The molecule has 2 atom stereocenters. The average molecular weight is 400 g/mol. The molecule has 158 valence electrons. The van der Waals surface area contributed by atoms with Gasteiger partial charge in [0.15, 0.2) is 0 Å². The summed E-state index contributed by atoms with van der Waals surface area (Å²) in [5.41, 5.74) is 1.08. The van der Waals surface area contributed by atoms with Gasteiger partial charge >= 0.3 is 0 Å². The number of carbonyl (C=O) groups is 2. The molecule has 0 aliphatic carbocycles. The second kappa shape index (κ2) is 7.63. The Balaban J connectivity index is 1.61. The molecule has 0 bridgehead atoms. The highest BCUT2D eigenvalue weighted by molar-refractivity contribution is 5.97. The number of ether oxygens (including phenoxy) is 1. The summed E-state index contributed by atoms with van der Waals surface area (Å²) in [5.74, 6) is 1.21. The highest BCUT2D eigenvalue weighted by atomic mass is 16.5. The molecule has 0 aromatic heterocycles. The standard InChI is InChI=1S/C23H33N3O3/c1-16(2)25-12-18-13-26(21(27)19-8-7-9-20(29-4)17(19)3)15-23(18,14-25)22(28)24-10-5-6-11-24/h7-9,16,18H,5-6,10-15H2,1-4H3/t18-,23-/m0/s1. The summed E-state index contributed by atoms with van der Waals surface area (Å²) in [5, 5.41) is 0. The summed E-state index contributed by atoms with van der Waals surface area (Å²) in [6.45, 7) is 10.8. The molecule has 3 fully saturated rings. The molecular formula is C23H33N3O3. The van der Waals surface area contributed by atoms with Gasteiger partial charge in [-0.1, -0.05) is 6.07 Å². The minimum atomic E-state index is -0.461. The molecule has 6 heteroatoms. The molecule has 3 aliphatic rings. The number of fused-ring (bicyclic) bond motifs is 1. The third-order valence-corrected chi connectivity index (χ3v) is 7.21. The van der Waals surface area contributed by atoms with E-state index < -0.39 is 5.41 Å². The third-order valence-electron chi connectivity index (χ3n) is 7.21. The number of methoxy groups -OCH3 is 1. The van der Waals surface area contributed by atoms with Crippen LogP contribution in [0.15, 0.2) is 18.2 Å². The first-order valence-corrected chi connectivity index (χ1v) is 10.8. The van der Waals surface area contributed by atoms with Crippen LogP contribution in [0.1, 0.15) is 42.6 Å². The van der Waals surface area contributed by atoms with Crippen molar-refractivity contribution in [3.63, 3.8) is 0 Å². The Morgan fingerprint density at radius 1 is 1.10 bits per heavy atom. The number of likely N-dealkylation sites (tertiary alicyclic amines) is 3. The van der Waals surface area contributed by atoms with Crippen molar-refractivity contribution in [3.8, 4) is 5.75 Å². The van der Waals surface area contributed by atoms with E-state index >= 15 is 0 Å². The van der Waals surface area contributed by atoms with Crippen molar-refractivity contribution in [2.75, 3.05) is 46.4 Å². The molecule has 29 heavy (non-hydrogen) atoms. The fourth-order valence-electron chi connectivity index (χ4n) is 5.43. The first kappa shape index (κ1) is 20.2. The SMILES string of the molecule is COc1cccc(C(=O)N2C[C@@H]3CN(C(C)C)C[C@]3(C(=O)N3CCCC3)C2)c1C. The first-order valence-electron chi connectivity index (χ1n) is 10.8. The van der Waals surface area contributed by atoms with E-state index in [2.05, 4.69) is 18.7 Å². The second-order valence-corrected chi connectivity index (χ2v) is 9.19. The number of nitrogens with zero attached hydrogens (tertiary/aromatic N) is 3. The van der Waals surface area contributed by atoms with Gasteiger partial charge in [0.1, 0.15) is 5.75 Å². The Morgan fingerprint density at radius 3 is 2.48 bits per heavy atom. The van der Waals surface area contributed by atoms with E-state index in [-0.39, 0.29) is 17.7 Å². The van der Waals surface area contributed by atoms with Crippen molar-refractivity contribution in [2.24, 2.45) is 11.3 Å². The van der Waals surface area contributed by atoms with Crippen LogP contribution >= 0.6 is 0 Å². The molecule has 1 aromatic rings. The molecule has 0 saturated carbocycles. The van der Waals surface area contributed by atoms with Crippen molar-refractivity contribution < 1.29 is 14.3 Å². The van der Waals surface area contributed by atoms with Gasteiger partial charge in [-0.15, -0.1) is 0 Å². The van der Waals surface area contributed by atoms with Crippen LogP contribution in [0.5, 0.6) is 5.75 Å². The quantitative estimate of drug-likeness (QED) is 0.780. The molecule has 0 unspecified atom stereocenters. The zero-order valence-corrected chi connectivity index (χ0v) is 18.1. The summed E-state index contributed by atoms with van der Waals surface area (Å²) in [7, 11) is 1.63. The summed E-state index contributed by atoms with van der Waals surface area (Å²) in [6, 6.07) is 6.02. The van der Waals surface area contributed by atoms with Gasteiger partial charge < -0.3 is 14.5 Å². The van der Waals surface area contributed by atoms with Gasteiger partial charge in [0.25, 0.3) is 5.91 Å². The first-order chi connectivity index (χ1) is 13.9. The van der Waals surface area contributed by atoms with Gasteiger partial charge in [-0.25, -0.2) is 0 Å². The number of rotatable bonds is 4. The number of amides is 2. The lowest BCUT2D eigenvalue weighted by Gasteiger charge is -2.33. The van der Waals surface area contributed by atoms with Crippen LogP contribution in [0.4, 0.5) is 0 Å². The molecule has 3 saturated heterocycles. The number of carbonyl (C=O) groups excluding carboxylic acids is 2. The van der Waals surface area contributed by atoms with Crippen molar-refractivity contribution >= 4 is 11.8 Å². The minimum Gasteiger partial charge on any atom is -0.496 e. The van der Waals surface area contributed by atoms with E-state index in [4.69, 9.17) is 4.74 Å². The zero-order chi connectivity index (χ0) is 20.8. The van der Waals surface area contributed by atoms with Crippen LogP contribution in [0.3, 0.4) is 0 Å². The highest BCUT2D eigenvalue weighted by Crippen LogP contribution is 2.45. The lowest BCUT2D eigenvalue weighted by atomic mass is 9.79. The smallest absolute Gasteiger partial charge is 0.254 e. The molecule has 0 radical (unpaired) electrons. The topological polar surface area (TPSA) is 53.1 Å². The summed E-state index contributed by atoms with van der Waals surface area (Å²) in [6.07, 6.45) is 2.18. The molecule has 6 nitrogen and oxygen atoms in total. The van der Waals surface area contributed by atoms with Crippen LogP contribution in [0.2, 0.25) is 0 Å². The highest BCUT2D eigenvalue weighted by Gasteiger charge is 2.59.